The molecule has 0 aromatic rings. The SMILES string of the molecule is CCCCC(CC)COC(=O)C1CCC=C(CC/C=C(\C)CCC=C(C)C)C1. The predicted molar refractivity (Wildman–Crippen MR) is 121 cm³/mol. The minimum absolute atomic E-state index is 0.0361. The molecule has 0 heterocycles. The lowest BCUT2D eigenvalue weighted by Gasteiger charge is -2.23. The second-order valence-corrected chi connectivity index (χ2v) is 8.80. The van der Waals surface area contributed by atoms with Gasteiger partial charge in [-0.05, 0) is 78.1 Å². The zero-order chi connectivity index (χ0) is 20.8. The summed E-state index contributed by atoms with van der Waals surface area (Å²) in [4.78, 5) is 12.5. The molecule has 1 aliphatic carbocycles. The third-order valence-corrected chi connectivity index (χ3v) is 5.84. The van der Waals surface area contributed by atoms with Crippen molar-refractivity contribution < 1.29 is 9.53 Å². The van der Waals surface area contributed by atoms with Crippen LogP contribution in [0.2, 0.25) is 0 Å². The Morgan fingerprint density at radius 3 is 2.68 bits per heavy atom. The number of carbonyl (C=O) groups excluding carboxylic acids is 1. The van der Waals surface area contributed by atoms with Gasteiger partial charge in [-0.15, -0.1) is 0 Å². The summed E-state index contributed by atoms with van der Waals surface area (Å²) in [5.74, 6) is 0.641. The Balaban J connectivity index is 2.35. The fourth-order valence-electron chi connectivity index (χ4n) is 3.81. The van der Waals surface area contributed by atoms with Gasteiger partial charge < -0.3 is 4.74 Å². The smallest absolute Gasteiger partial charge is 0.309 e. The molecule has 2 nitrogen and oxygen atoms in total. The van der Waals surface area contributed by atoms with Gasteiger partial charge in [0, 0.05) is 0 Å². The Morgan fingerprint density at radius 2 is 2.00 bits per heavy atom. The largest absolute Gasteiger partial charge is 0.465 e. The van der Waals surface area contributed by atoms with Crippen molar-refractivity contribution in [2.45, 2.75) is 105 Å². The number of hydrogen-bond donors (Lipinski definition) is 0. The van der Waals surface area contributed by atoms with E-state index in [1.54, 1.807) is 0 Å². The number of rotatable bonds is 13. The van der Waals surface area contributed by atoms with Crippen molar-refractivity contribution in [3.63, 3.8) is 0 Å². The zero-order valence-corrected chi connectivity index (χ0v) is 19.2. The maximum atomic E-state index is 12.5. The van der Waals surface area contributed by atoms with Crippen LogP contribution in [0.5, 0.6) is 0 Å². The lowest BCUT2D eigenvalue weighted by atomic mass is 9.86. The zero-order valence-electron chi connectivity index (χ0n) is 19.2. The number of carbonyl (C=O) groups is 1. The van der Waals surface area contributed by atoms with Gasteiger partial charge in [0.1, 0.15) is 0 Å². The molecule has 0 amide bonds. The molecule has 0 aromatic carbocycles. The van der Waals surface area contributed by atoms with Crippen LogP contribution in [0.3, 0.4) is 0 Å². The van der Waals surface area contributed by atoms with E-state index in [0.717, 1.165) is 51.4 Å². The first kappa shape index (κ1) is 24.7. The van der Waals surface area contributed by atoms with Gasteiger partial charge in [0.2, 0.25) is 0 Å². The first-order chi connectivity index (χ1) is 13.5. The van der Waals surface area contributed by atoms with Crippen molar-refractivity contribution in [1.82, 2.24) is 0 Å². The highest BCUT2D eigenvalue weighted by atomic mass is 16.5. The molecular weight excluding hydrogens is 344 g/mol. The van der Waals surface area contributed by atoms with Crippen molar-refractivity contribution in [3.05, 3.63) is 34.9 Å². The van der Waals surface area contributed by atoms with Crippen LogP contribution in [-0.4, -0.2) is 12.6 Å². The molecule has 28 heavy (non-hydrogen) atoms. The van der Waals surface area contributed by atoms with Crippen molar-refractivity contribution in [1.29, 1.82) is 0 Å². The van der Waals surface area contributed by atoms with Crippen LogP contribution in [0.1, 0.15) is 105 Å². The number of allylic oxidation sites excluding steroid dienone is 6. The Kier molecular flexibility index (Phi) is 12.9. The Hall–Kier alpha value is -1.31. The van der Waals surface area contributed by atoms with Gasteiger partial charge in [-0.25, -0.2) is 0 Å². The molecule has 0 aromatic heterocycles. The van der Waals surface area contributed by atoms with Gasteiger partial charge in [0.15, 0.2) is 0 Å². The molecule has 0 N–H and O–H groups in total. The summed E-state index contributed by atoms with van der Waals surface area (Å²) < 4.78 is 5.70. The van der Waals surface area contributed by atoms with Gasteiger partial charge in [-0.2, -0.15) is 0 Å². The molecule has 2 atom stereocenters. The van der Waals surface area contributed by atoms with E-state index < -0.39 is 0 Å². The predicted octanol–water partition coefficient (Wildman–Crippen LogP) is 7.95. The highest BCUT2D eigenvalue weighted by Crippen LogP contribution is 2.28. The van der Waals surface area contributed by atoms with Crippen LogP contribution in [0.4, 0.5) is 0 Å². The molecule has 1 rings (SSSR count). The molecule has 0 saturated carbocycles. The van der Waals surface area contributed by atoms with Crippen LogP contribution < -0.4 is 0 Å². The standard InChI is InChI=1S/C26H44O2/c1-6-8-15-23(7-2)20-28-26(27)25-18-11-17-24(19-25)16-10-14-22(5)13-9-12-21(3)4/h12,14,17,23,25H,6-11,13,15-16,18-20H2,1-5H3/b22-14+. The molecule has 0 fully saturated rings. The Morgan fingerprint density at radius 1 is 1.21 bits per heavy atom. The fraction of sp³-hybridized carbons (Fsp3) is 0.731. The second kappa shape index (κ2) is 14.7. The first-order valence-electron chi connectivity index (χ1n) is 11.6. The topological polar surface area (TPSA) is 26.3 Å². The normalized spacial score (nSPS) is 18.4. The number of ether oxygens (including phenoxy) is 1. The fourth-order valence-corrected chi connectivity index (χ4v) is 3.81. The van der Waals surface area contributed by atoms with Crippen LogP contribution >= 0.6 is 0 Å². The molecule has 0 bridgehead atoms. The number of hydrogen-bond acceptors (Lipinski definition) is 2. The van der Waals surface area contributed by atoms with E-state index in [1.807, 2.05) is 0 Å². The van der Waals surface area contributed by atoms with Gasteiger partial charge in [0.05, 0.1) is 12.5 Å². The maximum Gasteiger partial charge on any atom is 0.309 e. The van der Waals surface area contributed by atoms with Crippen molar-refractivity contribution in [2.75, 3.05) is 6.61 Å². The molecular formula is C26H44O2. The van der Waals surface area contributed by atoms with Crippen LogP contribution in [0, 0.1) is 11.8 Å². The van der Waals surface area contributed by atoms with E-state index in [-0.39, 0.29) is 11.9 Å². The third kappa shape index (κ3) is 10.9. The Labute approximate surface area is 174 Å². The van der Waals surface area contributed by atoms with E-state index in [4.69, 9.17) is 4.74 Å². The summed E-state index contributed by atoms with van der Waals surface area (Å²) in [5.41, 5.74) is 4.32. The lowest BCUT2D eigenvalue weighted by Crippen LogP contribution is -2.23. The lowest BCUT2D eigenvalue weighted by molar-refractivity contribution is -0.150. The second-order valence-electron chi connectivity index (χ2n) is 8.80. The van der Waals surface area contributed by atoms with Gasteiger partial charge >= 0.3 is 5.97 Å². The van der Waals surface area contributed by atoms with Gasteiger partial charge in [-0.3, -0.25) is 4.79 Å². The molecule has 0 spiro atoms. The van der Waals surface area contributed by atoms with Crippen LogP contribution in [0.15, 0.2) is 34.9 Å². The van der Waals surface area contributed by atoms with Crippen molar-refractivity contribution >= 4 is 5.97 Å². The number of esters is 1. The maximum absolute atomic E-state index is 12.5. The average molecular weight is 389 g/mol. The summed E-state index contributed by atoms with van der Waals surface area (Å²) in [7, 11) is 0. The van der Waals surface area contributed by atoms with E-state index in [9.17, 15) is 4.79 Å². The molecule has 0 aliphatic heterocycles. The molecule has 0 saturated heterocycles. The van der Waals surface area contributed by atoms with E-state index in [1.165, 1.54) is 36.0 Å². The molecule has 1 aliphatic rings. The van der Waals surface area contributed by atoms with E-state index in [2.05, 4.69) is 52.8 Å². The first-order valence-corrected chi connectivity index (χ1v) is 11.6. The molecule has 2 unspecified atom stereocenters. The minimum atomic E-state index is 0.0361. The third-order valence-electron chi connectivity index (χ3n) is 5.84. The summed E-state index contributed by atoms with van der Waals surface area (Å²) in [5, 5.41) is 0. The highest BCUT2D eigenvalue weighted by Gasteiger charge is 2.24. The summed E-state index contributed by atoms with van der Waals surface area (Å²) in [6, 6.07) is 0. The van der Waals surface area contributed by atoms with Crippen molar-refractivity contribution in [2.24, 2.45) is 11.8 Å². The molecule has 0 radical (unpaired) electrons. The van der Waals surface area contributed by atoms with Crippen molar-refractivity contribution in [3.8, 4) is 0 Å². The van der Waals surface area contributed by atoms with E-state index >= 15 is 0 Å². The summed E-state index contributed by atoms with van der Waals surface area (Å²) in [6.07, 6.45) is 19.1. The molecule has 160 valence electrons. The van der Waals surface area contributed by atoms with Gasteiger partial charge in [-0.1, -0.05) is 68.1 Å². The van der Waals surface area contributed by atoms with Gasteiger partial charge in [0.25, 0.3) is 0 Å². The van der Waals surface area contributed by atoms with Crippen LogP contribution in [-0.2, 0) is 9.53 Å². The number of unbranched alkanes of at least 4 members (excludes halogenated alkanes) is 1. The summed E-state index contributed by atoms with van der Waals surface area (Å²) >= 11 is 0. The average Bonchev–Trinajstić information content (AvgIpc) is 2.68. The van der Waals surface area contributed by atoms with E-state index in [0.29, 0.717) is 12.5 Å². The monoisotopic (exact) mass is 388 g/mol. The van der Waals surface area contributed by atoms with Crippen LogP contribution in [0.25, 0.3) is 0 Å². The molecule has 2 heteroatoms. The Bertz CT molecular complexity index is 535. The highest BCUT2D eigenvalue weighted by molar-refractivity contribution is 5.73. The minimum Gasteiger partial charge on any atom is -0.465 e. The quantitative estimate of drug-likeness (QED) is 0.236. The summed E-state index contributed by atoms with van der Waals surface area (Å²) in [6.45, 7) is 11.6.